The average Bonchev–Trinajstić information content (AvgIpc) is 3.45. The first-order valence-corrected chi connectivity index (χ1v) is 12.1. The van der Waals surface area contributed by atoms with Crippen LogP contribution in [0, 0.1) is 0 Å². The third-order valence-corrected chi connectivity index (χ3v) is 7.44. The number of piperidine rings is 1. The van der Waals surface area contributed by atoms with Gasteiger partial charge in [0.25, 0.3) is 0 Å². The minimum atomic E-state index is -3.55. The minimum Gasteiger partial charge on any atom is -0.342 e. The summed E-state index contributed by atoms with van der Waals surface area (Å²) < 4.78 is 30.3. The van der Waals surface area contributed by atoms with Gasteiger partial charge in [-0.05, 0) is 68.4 Å². The lowest BCUT2D eigenvalue weighted by atomic mass is 10.0. The summed E-state index contributed by atoms with van der Waals surface area (Å²) in [7, 11) is -1.49. The number of nitrogens with zero attached hydrogens (tertiary/aromatic N) is 5. The van der Waals surface area contributed by atoms with Crippen molar-refractivity contribution in [3.8, 4) is 11.1 Å². The van der Waals surface area contributed by atoms with Gasteiger partial charge in [-0.2, -0.15) is 0 Å². The number of aromatic nitrogens is 5. The monoisotopic (exact) mass is 451 g/mol. The molecule has 0 amide bonds. The molecule has 10 heteroatoms. The molecule has 9 nitrogen and oxygen atoms in total. The van der Waals surface area contributed by atoms with Gasteiger partial charge in [-0.1, -0.05) is 17.3 Å². The molecule has 5 rings (SSSR count). The van der Waals surface area contributed by atoms with Crippen molar-refractivity contribution >= 4 is 21.1 Å². The van der Waals surface area contributed by atoms with Crippen molar-refractivity contribution in [1.29, 1.82) is 0 Å². The summed E-state index contributed by atoms with van der Waals surface area (Å²) in [5.41, 5.74) is 3.66. The number of hydrogen-bond acceptors (Lipinski definition) is 6. The maximum absolute atomic E-state index is 12.8. The predicted molar refractivity (Wildman–Crippen MR) is 121 cm³/mol. The van der Waals surface area contributed by atoms with Crippen molar-refractivity contribution in [3.05, 3.63) is 60.7 Å². The first-order chi connectivity index (χ1) is 15.5. The maximum Gasteiger partial charge on any atom is 0.240 e. The Labute approximate surface area is 186 Å². The van der Waals surface area contributed by atoms with Crippen molar-refractivity contribution in [2.75, 3.05) is 20.1 Å². The van der Waals surface area contributed by atoms with Crippen molar-refractivity contribution in [2.24, 2.45) is 0 Å². The fourth-order valence-corrected chi connectivity index (χ4v) is 5.44. The van der Waals surface area contributed by atoms with Gasteiger partial charge in [0.1, 0.15) is 5.65 Å². The van der Waals surface area contributed by atoms with E-state index < -0.39 is 10.0 Å². The first kappa shape index (κ1) is 20.8. The standard InChI is InChI=1S/C22H25N7O2S/c1-28-11-7-17(8-12-28)26-32(30,31)19-4-2-16(3-5-19)20-6-9-23-22-21(20)14-18(25-22)15-29-13-10-24-27-29/h2-6,9-10,13-14,17,26H,7-8,11-12,15H2,1H3,(H,23,25). The smallest absolute Gasteiger partial charge is 0.240 e. The van der Waals surface area contributed by atoms with E-state index >= 15 is 0 Å². The first-order valence-electron chi connectivity index (χ1n) is 10.6. The molecule has 0 unspecified atom stereocenters. The van der Waals surface area contributed by atoms with E-state index in [1.807, 2.05) is 24.3 Å². The number of benzene rings is 1. The Morgan fingerprint density at radius 2 is 1.91 bits per heavy atom. The van der Waals surface area contributed by atoms with Crippen LogP contribution in [0.2, 0.25) is 0 Å². The van der Waals surface area contributed by atoms with E-state index in [1.165, 1.54) is 0 Å². The number of hydrogen-bond donors (Lipinski definition) is 2. The number of rotatable bonds is 6. The normalized spacial score (nSPS) is 16.0. The molecule has 0 spiro atoms. The third-order valence-electron chi connectivity index (χ3n) is 5.91. The molecule has 3 aromatic heterocycles. The number of likely N-dealkylation sites (tertiary alicyclic amines) is 1. The third kappa shape index (κ3) is 4.29. The van der Waals surface area contributed by atoms with Crippen LogP contribution in [-0.2, 0) is 16.6 Å². The Bertz CT molecular complexity index is 1310. The van der Waals surface area contributed by atoms with E-state index in [1.54, 1.807) is 35.4 Å². The van der Waals surface area contributed by atoms with Gasteiger partial charge in [0.05, 0.1) is 17.6 Å². The Kier molecular flexibility index (Phi) is 5.50. The molecule has 0 bridgehead atoms. The zero-order chi connectivity index (χ0) is 22.1. The number of pyridine rings is 1. The van der Waals surface area contributed by atoms with Gasteiger partial charge in [-0.15, -0.1) is 5.10 Å². The van der Waals surface area contributed by atoms with E-state index in [2.05, 4.69) is 36.9 Å². The Morgan fingerprint density at radius 3 is 2.62 bits per heavy atom. The SMILES string of the molecule is CN1CCC(NS(=O)(=O)c2ccc(-c3ccnc4[nH]c(Cn5ccnn5)cc34)cc2)CC1. The quantitative estimate of drug-likeness (QED) is 0.465. The summed E-state index contributed by atoms with van der Waals surface area (Å²) in [5, 5.41) is 8.81. The van der Waals surface area contributed by atoms with Crippen LogP contribution in [0.1, 0.15) is 18.5 Å². The van der Waals surface area contributed by atoms with Gasteiger partial charge in [-0.25, -0.2) is 22.8 Å². The number of aromatic amines is 1. The molecule has 1 aliphatic rings. The molecular formula is C22H25N7O2S. The highest BCUT2D eigenvalue weighted by Crippen LogP contribution is 2.29. The number of nitrogens with one attached hydrogen (secondary N) is 2. The molecule has 4 aromatic rings. The molecule has 1 aliphatic heterocycles. The maximum atomic E-state index is 12.8. The van der Waals surface area contributed by atoms with Crippen molar-refractivity contribution in [2.45, 2.75) is 30.3 Å². The Balaban J connectivity index is 1.38. The molecule has 1 fully saturated rings. The largest absolute Gasteiger partial charge is 0.342 e. The summed E-state index contributed by atoms with van der Waals surface area (Å²) in [4.78, 5) is 10.3. The van der Waals surface area contributed by atoms with Crippen LogP contribution in [0.5, 0.6) is 0 Å². The molecule has 166 valence electrons. The van der Waals surface area contributed by atoms with Gasteiger partial charge >= 0.3 is 0 Å². The molecule has 0 atom stereocenters. The van der Waals surface area contributed by atoms with E-state index in [-0.39, 0.29) is 10.9 Å². The van der Waals surface area contributed by atoms with Crippen LogP contribution in [0.4, 0.5) is 0 Å². The van der Waals surface area contributed by atoms with Crippen molar-refractivity contribution in [3.63, 3.8) is 0 Å². The molecule has 0 aliphatic carbocycles. The van der Waals surface area contributed by atoms with Gasteiger partial charge in [0.2, 0.25) is 10.0 Å². The summed E-state index contributed by atoms with van der Waals surface area (Å²) in [6.45, 7) is 2.37. The van der Waals surface area contributed by atoms with Crippen molar-refractivity contribution < 1.29 is 8.42 Å². The summed E-state index contributed by atoms with van der Waals surface area (Å²) in [5.74, 6) is 0. The number of fused-ring (bicyclic) bond motifs is 1. The van der Waals surface area contributed by atoms with E-state index in [0.29, 0.717) is 6.54 Å². The lowest BCUT2D eigenvalue weighted by molar-refractivity contribution is 0.248. The fourth-order valence-electron chi connectivity index (χ4n) is 4.14. The molecule has 0 saturated carbocycles. The zero-order valence-corrected chi connectivity index (χ0v) is 18.6. The summed E-state index contributed by atoms with van der Waals surface area (Å²) >= 11 is 0. The molecule has 1 aromatic carbocycles. The molecule has 0 radical (unpaired) electrons. The van der Waals surface area contributed by atoms with Crippen molar-refractivity contribution in [1.82, 2.24) is 34.6 Å². The zero-order valence-electron chi connectivity index (χ0n) is 17.8. The van der Waals surface area contributed by atoms with Gasteiger partial charge in [0, 0.05) is 29.5 Å². The van der Waals surface area contributed by atoms with Crippen LogP contribution in [0.3, 0.4) is 0 Å². The topological polar surface area (TPSA) is 109 Å². The lowest BCUT2D eigenvalue weighted by Crippen LogP contribution is -2.43. The Hall–Kier alpha value is -3.08. The van der Waals surface area contributed by atoms with Gasteiger partial charge < -0.3 is 9.88 Å². The van der Waals surface area contributed by atoms with E-state index in [0.717, 1.165) is 53.8 Å². The average molecular weight is 452 g/mol. The minimum absolute atomic E-state index is 0.0148. The second-order valence-corrected chi connectivity index (χ2v) is 9.95. The van der Waals surface area contributed by atoms with E-state index in [9.17, 15) is 8.42 Å². The van der Waals surface area contributed by atoms with Crippen LogP contribution < -0.4 is 4.72 Å². The second-order valence-electron chi connectivity index (χ2n) is 8.24. The van der Waals surface area contributed by atoms with E-state index in [4.69, 9.17) is 0 Å². The van der Waals surface area contributed by atoms with Crippen LogP contribution in [0.25, 0.3) is 22.2 Å². The highest BCUT2D eigenvalue weighted by atomic mass is 32.2. The van der Waals surface area contributed by atoms with Crippen LogP contribution in [0.15, 0.2) is 59.9 Å². The summed E-state index contributed by atoms with van der Waals surface area (Å²) in [6, 6.07) is 11.0. The molecule has 32 heavy (non-hydrogen) atoms. The summed E-state index contributed by atoms with van der Waals surface area (Å²) in [6.07, 6.45) is 6.85. The highest BCUT2D eigenvalue weighted by molar-refractivity contribution is 7.89. The van der Waals surface area contributed by atoms with Gasteiger partial charge in [0.15, 0.2) is 0 Å². The molecular weight excluding hydrogens is 426 g/mol. The molecule has 4 heterocycles. The second kappa shape index (κ2) is 8.45. The molecule has 2 N–H and O–H groups in total. The number of H-pyrrole nitrogens is 1. The van der Waals surface area contributed by atoms with Gasteiger partial charge in [-0.3, -0.25) is 0 Å². The van der Waals surface area contributed by atoms with Crippen LogP contribution in [-0.4, -0.2) is 64.5 Å². The highest BCUT2D eigenvalue weighted by Gasteiger charge is 2.23. The molecule has 1 saturated heterocycles. The predicted octanol–water partition coefficient (Wildman–Crippen LogP) is 2.24. The van der Waals surface area contributed by atoms with Crippen LogP contribution >= 0.6 is 0 Å². The lowest BCUT2D eigenvalue weighted by Gasteiger charge is -2.29. The Morgan fingerprint density at radius 1 is 1.12 bits per heavy atom. The fraction of sp³-hybridized carbons (Fsp3) is 0.318. The number of sulfonamides is 1.